The second-order valence-electron chi connectivity index (χ2n) is 4.24. The maximum atomic E-state index is 11.4. The molecule has 0 aromatic heterocycles. The van der Waals surface area contributed by atoms with E-state index in [0.717, 1.165) is 19.4 Å². The molecule has 3 amide bonds. The van der Waals surface area contributed by atoms with Gasteiger partial charge in [0, 0.05) is 19.4 Å². The molecule has 1 saturated heterocycles. The SMILES string of the molecule is CCCCO[C@H]1C[C@]2(C1)NC(=O)NC2=O. The van der Waals surface area contributed by atoms with Gasteiger partial charge in [0.2, 0.25) is 0 Å². The Balaban J connectivity index is 1.77. The van der Waals surface area contributed by atoms with Gasteiger partial charge in [-0.05, 0) is 6.42 Å². The minimum absolute atomic E-state index is 0.126. The molecule has 1 heterocycles. The zero-order valence-corrected chi connectivity index (χ0v) is 8.84. The third-order valence-corrected chi connectivity index (χ3v) is 3.02. The molecular formula is C10H16N2O3. The summed E-state index contributed by atoms with van der Waals surface area (Å²) < 4.78 is 5.56. The zero-order chi connectivity index (χ0) is 10.9. The molecule has 1 spiro atoms. The second kappa shape index (κ2) is 3.81. The van der Waals surface area contributed by atoms with E-state index in [1.165, 1.54) is 0 Å². The molecular weight excluding hydrogens is 196 g/mol. The first kappa shape index (κ1) is 10.4. The Kier molecular flexibility index (Phi) is 2.65. The van der Waals surface area contributed by atoms with Gasteiger partial charge < -0.3 is 10.1 Å². The smallest absolute Gasteiger partial charge is 0.322 e. The molecule has 0 bridgehead atoms. The van der Waals surface area contributed by atoms with Crippen molar-refractivity contribution in [2.45, 2.75) is 44.2 Å². The van der Waals surface area contributed by atoms with Crippen LogP contribution in [0.15, 0.2) is 0 Å². The Hall–Kier alpha value is -1.10. The fourth-order valence-corrected chi connectivity index (χ4v) is 2.05. The number of rotatable bonds is 4. The summed E-state index contributed by atoms with van der Waals surface area (Å²) in [7, 11) is 0. The molecule has 2 fully saturated rings. The van der Waals surface area contributed by atoms with E-state index in [0.29, 0.717) is 12.8 Å². The Morgan fingerprint density at radius 2 is 2.20 bits per heavy atom. The van der Waals surface area contributed by atoms with Crippen LogP contribution in [-0.4, -0.2) is 30.2 Å². The molecule has 1 aliphatic heterocycles. The van der Waals surface area contributed by atoms with E-state index in [1.807, 2.05) is 0 Å². The van der Waals surface area contributed by atoms with Gasteiger partial charge in [0.05, 0.1) is 6.10 Å². The van der Waals surface area contributed by atoms with Crippen molar-refractivity contribution in [3.8, 4) is 0 Å². The van der Waals surface area contributed by atoms with Crippen molar-refractivity contribution in [2.75, 3.05) is 6.61 Å². The summed E-state index contributed by atoms with van der Waals surface area (Å²) in [6, 6.07) is -0.382. The predicted molar refractivity (Wildman–Crippen MR) is 53.3 cm³/mol. The standard InChI is InChI=1S/C10H16N2O3/c1-2-3-4-15-7-5-10(6-7)8(13)11-9(14)12-10/h7H,2-6H2,1H3,(H2,11,12,13,14)/t7-,10+. The monoisotopic (exact) mass is 212 g/mol. The van der Waals surface area contributed by atoms with Crippen LogP contribution in [-0.2, 0) is 9.53 Å². The summed E-state index contributed by atoms with van der Waals surface area (Å²) in [5.74, 6) is -0.206. The number of imide groups is 1. The van der Waals surface area contributed by atoms with Crippen molar-refractivity contribution in [2.24, 2.45) is 0 Å². The Morgan fingerprint density at radius 3 is 2.73 bits per heavy atom. The van der Waals surface area contributed by atoms with Crippen molar-refractivity contribution in [3.63, 3.8) is 0 Å². The molecule has 84 valence electrons. The Bertz CT molecular complexity index is 284. The molecule has 5 nitrogen and oxygen atoms in total. The van der Waals surface area contributed by atoms with E-state index in [9.17, 15) is 9.59 Å². The maximum absolute atomic E-state index is 11.4. The van der Waals surface area contributed by atoms with Crippen LogP contribution in [0, 0.1) is 0 Å². The van der Waals surface area contributed by atoms with Crippen LogP contribution in [0.2, 0.25) is 0 Å². The number of unbranched alkanes of at least 4 members (excludes halogenated alkanes) is 1. The molecule has 15 heavy (non-hydrogen) atoms. The molecule has 2 aliphatic rings. The highest BCUT2D eigenvalue weighted by Gasteiger charge is 2.55. The molecule has 0 atom stereocenters. The van der Waals surface area contributed by atoms with Crippen LogP contribution in [0.4, 0.5) is 4.79 Å². The average molecular weight is 212 g/mol. The van der Waals surface area contributed by atoms with Gasteiger partial charge in [-0.25, -0.2) is 4.79 Å². The zero-order valence-electron chi connectivity index (χ0n) is 8.84. The third-order valence-electron chi connectivity index (χ3n) is 3.02. The van der Waals surface area contributed by atoms with E-state index in [2.05, 4.69) is 17.6 Å². The Labute approximate surface area is 88.5 Å². The third kappa shape index (κ3) is 1.84. The summed E-state index contributed by atoms with van der Waals surface area (Å²) in [5, 5.41) is 4.91. The maximum Gasteiger partial charge on any atom is 0.322 e. The lowest BCUT2D eigenvalue weighted by Gasteiger charge is -2.41. The second-order valence-corrected chi connectivity index (χ2v) is 4.24. The lowest BCUT2D eigenvalue weighted by Crippen LogP contribution is -2.59. The summed E-state index contributed by atoms with van der Waals surface area (Å²) in [6.07, 6.45) is 3.49. The van der Waals surface area contributed by atoms with Gasteiger partial charge in [-0.2, -0.15) is 0 Å². The fraction of sp³-hybridized carbons (Fsp3) is 0.800. The summed E-state index contributed by atoms with van der Waals surface area (Å²) in [5.41, 5.74) is -0.659. The minimum atomic E-state index is -0.659. The van der Waals surface area contributed by atoms with E-state index in [4.69, 9.17) is 4.74 Å². The van der Waals surface area contributed by atoms with Crippen molar-refractivity contribution < 1.29 is 14.3 Å². The van der Waals surface area contributed by atoms with Gasteiger partial charge in [0.1, 0.15) is 5.54 Å². The number of carbonyl (C=O) groups is 2. The van der Waals surface area contributed by atoms with Crippen LogP contribution in [0.25, 0.3) is 0 Å². The lowest BCUT2D eigenvalue weighted by molar-refractivity contribution is -0.134. The highest BCUT2D eigenvalue weighted by Crippen LogP contribution is 2.36. The van der Waals surface area contributed by atoms with Crippen LogP contribution in [0.1, 0.15) is 32.6 Å². The first-order chi connectivity index (χ1) is 7.16. The Morgan fingerprint density at radius 1 is 1.47 bits per heavy atom. The first-order valence-electron chi connectivity index (χ1n) is 5.41. The summed E-state index contributed by atoms with van der Waals surface area (Å²) in [6.45, 7) is 2.85. The number of hydrogen-bond donors (Lipinski definition) is 2. The summed E-state index contributed by atoms with van der Waals surface area (Å²) >= 11 is 0. The molecule has 2 rings (SSSR count). The molecule has 0 aromatic carbocycles. The van der Waals surface area contributed by atoms with Gasteiger partial charge >= 0.3 is 6.03 Å². The van der Waals surface area contributed by atoms with Gasteiger partial charge in [0.25, 0.3) is 5.91 Å². The number of nitrogens with one attached hydrogen (secondary N) is 2. The largest absolute Gasteiger partial charge is 0.378 e. The van der Waals surface area contributed by atoms with Crippen LogP contribution in [0.5, 0.6) is 0 Å². The fourth-order valence-electron chi connectivity index (χ4n) is 2.05. The average Bonchev–Trinajstić information content (AvgIpc) is 2.41. The number of ether oxygens (including phenoxy) is 1. The predicted octanol–water partition coefficient (Wildman–Crippen LogP) is 0.544. The molecule has 5 heteroatoms. The summed E-state index contributed by atoms with van der Waals surface area (Å²) in [4.78, 5) is 22.4. The van der Waals surface area contributed by atoms with E-state index >= 15 is 0 Å². The number of urea groups is 1. The number of amides is 3. The molecule has 1 aliphatic carbocycles. The van der Waals surface area contributed by atoms with Gasteiger partial charge in [-0.15, -0.1) is 0 Å². The van der Waals surface area contributed by atoms with Gasteiger partial charge in [-0.3, -0.25) is 10.1 Å². The highest BCUT2D eigenvalue weighted by molar-refractivity contribution is 6.07. The molecule has 0 unspecified atom stereocenters. The molecule has 0 aromatic rings. The van der Waals surface area contributed by atoms with Crippen molar-refractivity contribution in [1.29, 1.82) is 0 Å². The number of carbonyl (C=O) groups excluding carboxylic acids is 2. The number of hydrogen-bond acceptors (Lipinski definition) is 3. The van der Waals surface area contributed by atoms with Crippen molar-refractivity contribution >= 4 is 11.9 Å². The van der Waals surface area contributed by atoms with E-state index < -0.39 is 5.54 Å². The van der Waals surface area contributed by atoms with Crippen molar-refractivity contribution in [3.05, 3.63) is 0 Å². The quantitative estimate of drug-likeness (QED) is 0.528. The van der Waals surface area contributed by atoms with Crippen LogP contribution < -0.4 is 10.6 Å². The highest BCUT2D eigenvalue weighted by atomic mass is 16.5. The van der Waals surface area contributed by atoms with E-state index in [-0.39, 0.29) is 18.0 Å². The van der Waals surface area contributed by atoms with Crippen molar-refractivity contribution in [1.82, 2.24) is 10.6 Å². The van der Waals surface area contributed by atoms with Gasteiger partial charge in [0.15, 0.2) is 0 Å². The van der Waals surface area contributed by atoms with Crippen LogP contribution in [0.3, 0.4) is 0 Å². The lowest BCUT2D eigenvalue weighted by atomic mass is 9.74. The van der Waals surface area contributed by atoms with Crippen LogP contribution >= 0.6 is 0 Å². The molecule has 1 saturated carbocycles. The normalized spacial score (nSPS) is 33.8. The first-order valence-corrected chi connectivity index (χ1v) is 5.41. The molecule has 2 N–H and O–H groups in total. The van der Waals surface area contributed by atoms with Gasteiger partial charge in [-0.1, -0.05) is 13.3 Å². The van der Waals surface area contributed by atoms with E-state index in [1.54, 1.807) is 0 Å². The molecule has 0 radical (unpaired) electrons. The minimum Gasteiger partial charge on any atom is -0.378 e. The topological polar surface area (TPSA) is 67.4 Å².